The smallest absolute Gasteiger partial charge is 0.416 e. The Kier molecular flexibility index (Phi) is 5.78. The average Bonchev–Trinajstić information content (AvgIpc) is 3.31. The normalized spacial score (nSPS) is 18.0. The van der Waals surface area contributed by atoms with Gasteiger partial charge in [-0.25, -0.2) is 9.48 Å². The summed E-state index contributed by atoms with van der Waals surface area (Å²) in [5, 5.41) is 7.04. The monoisotopic (exact) mass is 441 g/mol. The third-order valence-electron chi connectivity index (χ3n) is 5.46. The molecule has 2 aromatic carbocycles. The third-order valence-corrected chi connectivity index (χ3v) is 5.46. The number of halogens is 3. The predicted octanol–water partition coefficient (Wildman–Crippen LogP) is 6.17. The van der Waals surface area contributed by atoms with Gasteiger partial charge < -0.3 is 4.74 Å². The number of ether oxygens (including phenoxy) is 1. The van der Waals surface area contributed by atoms with Gasteiger partial charge in [-0.1, -0.05) is 30.3 Å². The first-order chi connectivity index (χ1) is 15.2. The van der Waals surface area contributed by atoms with Gasteiger partial charge >= 0.3 is 12.3 Å². The van der Waals surface area contributed by atoms with Crippen molar-refractivity contribution in [1.82, 2.24) is 9.78 Å². The molecular weight excluding hydrogens is 419 g/mol. The topological polar surface area (TPSA) is 56.2 Å². The molecule has 5 nitrogen and oxygen atoms in total. The molecule has 2 atom stereocenters. The van der Waals surface area contributed by atoms with Crippen molar-refractivity contribution in [1.29, 1.82) is 0 Å². The highest BCUT2D eigenvalue weighted by Crippen LogP contribution is 2.35. The first-order valence-electron chi connectivity index (χ1n) is 10.2. The summed E-state index contributed by atoms with van der Waals surface area (Å²) in [5.74, 6) is 0.0267. The molecule has 1 aliphatic rings. The van der Waals surface area contributed by atoms with Gasteiger partial charge in [-0.15, -0.1) is 0 Å². The predicted molar refractivity (Wildman–Crippen MR) is 115 cm³/mol. The second-order valence-corrected chi connectivity index (χ2v) is 7.71. The molecule has 0 unspecified atom stereocenters. The van der Waals surface area contributed by atoms with E-state index in [2.05, 4.69) is 10.4 Å². The standard InChI is InChI=1S/C24H22F3N3O2/c1-15-22(16(2)30(29-15)20-9-4-3-5-10-20)17-11-12-21(13-17)32-23(31)28-19-8-6-7-18(14-19)24(25,26)27/h3-12,14,17,21H,13H2,1-2H3,(H,28,31)/t17-,21+/m0/s1. The minimum atomic E-state index is -4.48. The van der Waals surface area contributed by atoms with E-state index in [4.69, 9.17) is 4.74 Å². The lowest BCUT2D eigenvalue weighted by Crippen LogP contribution is -2.20. The van der Waals surface area contributed by atoms with E-state index in [1.807, 2.05) is 54.9 Å². The number of rotatable bonds is 4. The summed E-state index contributed by atoms with van der Waals surface area (Å²) in [4.78, 5) is 12.2. The number of hydrogen-bond donors (Lipinski definition) is 1. The fraction of sp³-hybridized carbons (Fsp3) is 0.250. The Morgan fingerprint density at radius 2 is 1.84 bits per heavy atom. The zero-order chi connectivity index (χ0) is 22.9. The molecule has 0 spiro atoms. The van der Waals surface area contributed by atoms with Crippen molar-refractivity contribution in [2.24, 2.45) is 0 Å². The van der Waals surface area contributed by atoms with Gasteiger partial charge in [0.25, 0.3) is 0 Å². The lowest BCUT2D eigenvalue weighted by molar-refractivity contribution is -0.137. The molecule has 1 N–H and O–H groups in total. The molecule has 1 aromatic heterocycles. The van der Waals surface area contributed by atoms with Gasteiger partial charge in [0, 0.05) is 22.9 Å². The number of anilines is 1. The first kappa shape index (κ1) is 21.7. The third kappa shape index (κ3) is 4.54. The summed E-state index contributed by atoms with van der Waals surface area (Å²) in [6, 6.07) is 14.3. The first-order valence-corrected chi connectivity index (χ1v) is 10.2. The highest BCUT2D eigenvalue weighted by Gasteiger charge is 2.31. The van der Waals surface area contributed by atoms with Crippen LogP contribution >= 0.6 is 0 Å². The van der Waals surface area contributed by atoms with Crippen molar-refractivity contribution in [3.8, 4) is 5.69 Å². The summed E-state index contributed by atoms with van der Waals surface area (Å²) in [6.45, 7) is 3.95. The molecule has 3 aromatic rings. The van der Waals surface area contributed by atoms with E-state index in [-0.39, 0.29) is 11.6 Å². The molecule has 8 heteroatoms. The van der Waals surface area contributed by atoms with Crippen LogP contribution in [-0.4, -0.2) is 22.0 Å². The molecule has 1 aliphatic carbocycles. The maximum Gasteiger partial charge on any atom is 0.416 e. The quantitative estimate of drug-likeness (QED) is 0.493. The molecule has 0 aliphatic heterocycles. The second kappa shape index (κ2) is 8.53. The Morgan fingerprint density at radius 1 is 1.09 bits per heavy atom. The number of allylic oxidation sites excluding steroid dienone is 1. The molecule has 0 radical (unpaired) electrons. The number of carbonyl (C=O) groups is 1. The Bertz CT molecular complexity index is 1150. The van der Waals surface area contributed by atoms with Crippen LogP contribution in [0.1, 0.15) is 34.9 Å². The Morgan fingerprint density at radius 3 is 2.56 bits per heavy atom. The SMILES string of the molecule is Cc1nn(-c2ccccc2)c(C)c1[C@H]1C=C[C@@H](OC(=O)Nc2cccc(C(F)(F)F)c2)C1. The van der Waals surface area contributed by atoms with Crippen LogP contribution in [-0.2, 0) is 10.9 Å². The van der Waals surface area contributed by atoms with Crippen molar-refractivity contribution in [2.45, 2.75) is 38.5 Å². The van der Waals surface area contributed by atoms with Gasteiger partial charge in [-0.05, 0) is 56.7 Å². The zero-order valence-corrected chi connectivity index (χ0v) is 17.6. The van der Waals surface area contributed by atoms with E-state index < -0.39 is 23.9 Å². The Hall–Kier alpha value is -3.55. The van der Waals surface area contributed by atoms with E-state index >= 15 is 0 Å². The van der Waals surface area contributed by atoms with Crippen LogP contribution in [0.2, 0.25) is 0 Å². The van der Waals surface area contributed by atoms with E-state index in [0.717, 1.165) is 34.8 Å². The van der Waals surface area contributed by atoms with Crippen LogP contribution in [0.3, 0.4) is 0 Å². The number of nitrogens with zero attached hydrogens (tertiary/aromatic N) is 2. The summed E-state index contributed by atoms with van der Waals surface area (Å²) in [7, 11) is 0. The number of hydrogen-bond acceptors (Lipinski definition) is 3. The van der Waals surface area contributed by atoms with E-state index in [0.29, 0.717) is 6.42 Å². The maximum atomic E-state index is 12.9. The summed E-state index contributed by atoms with van der Waals surface area (Å²) in [6.07, 6.45) is -1.44. The molecule has 0 saturated heterocycles. The largest absolute Gasteiger partial charge is 0.442 e. The number of amides is 1. The maximum absolute atomic E-state index is 12.9. The average molecular weight is 441 g/mol. The minimum absolute atomic E-state index is 0.0267. The van der Waals surface area contributed by atoms with Gasteiger partial charge in [0.15, 0.2) is 0 Å². The van der Waals surface area contributed by atoms with Crippen molar-refractivity contribution in [3.63, 3.8) is 0 Å². The van der Waals surface area contributed by atoms with Crippen molar-refractivity contribution in [3.05, 3.63) is 89.3 Å². The molecular formula is C24H22F3N3O2. The molecule has 0 bridgehead atoms. The van der Waals surface area contributed by atoms with Crippen LogP contribution in [0, 0.1) is 13.8 Å². The lowest BCUT2D eigenvalue weighted by Gasteiger charge is -2.15. The Balaban J connectivity index is 1.41. The highest BCUT2D eigenvalue weighted by atomic mass is 19.4. The van der Waals surface area contributed by atoms with E-state index in [1.165, 1.54) is 12.1 Å². The van der Waals surface area contributed by atoms with E-state index in [1.54, 1.807) is 6.08 Å². The molecule has 166 valence electrons. The fourth-order valence-corrected chi connectivity index (χ4v) is 4.04. The molecule has 0 saturated carbocycles. The number of nitrogens with one attached hydrogen (secondary N) is 1. The molecule has 32 heavy (non-hydrogen) atoms. The van der Waals surface area contributed by atoms with Crippen molar-refractivity contribution >= 4 is 11.8 Å². The molecule has 4 rings (SSSR count). The van der Waals surface area contributed by atoms with Crippen LogP contribution < -0.4 is 5.32 Å². The van der Waals surface area contributed by atoms with Gasteiger partial charge in [0.05, 0.1) is 16.9 Å². The number of carbonyl (C=O) groups excluding carboxylic acids is 1. The van der Waals surface area contributed by atoms with Gasteiger partial charge in [-0.3, -0.25) is 5.32 Å². The molecule has 1 amide bonds. The van der Waals surface area contributed by atoms with Gasteiger partial charge in [0.1, 0.15) is 6.10 Å². The Labute approximate surface area is 183 Å². The van der Waals surface area contributed by atoms with Crippen LogP contribution in [0.5, 0.6) is 0 Å². The number of aromatic nitrogens is 2. The summed E-state index contributed by atoms with van der Waals surface area (Å²) < 4.78 is 45.9. The summed E-state index contributed by atoms with van der Waals surface area (Å²) in [5.41, 5.74) is 3.15. The van der Waals surface area contributed by atoms with E-state index in [9.17, 15) is 18.0 Å². The fourth-order valence-electron chi connectivity index (χ4n) is 4.04. The van der Waals surface area contributed by atoms with Crippen molar-refractivity contribution < 1.29 is 22.7 Å². The van der Waals surface area contributed by atoms with Crippen LogP contribution in [0.25, 0.3) is 5.69 Å². The number of alkyl halides is 3. The minimum Gasteiger partial charge on any atom is -0.442 e. The molecule has 1 heterocycles. The lowest BCUT2D eigenvalue weighted by atomic mass is 9.96. The van der Waals surface area contributed by atoms with Crippen molar-refractivity contribution in [2.75, 3.05) is 5.32 Å². The highest BCUT2D eigenvalue weighted by molar-refractivity contribution is 5.85. The van der Waals surface area contributed by atoms with Crippen LogP contribution in [0.4, 0.5) is 23.7 Å². The van der Waals surface area contributed by atoms with Gasteiger partial charge in [-0.2, -0.15) is 18.3 Å². The number of para-hydroxylation sites is 1. The molecule has 0 fully saturated rings. The number of benzene rings is 2. The second-order valence-electron chi connectivity index (χ2n) is 7.71. The zero-order valence-electron chi connectivity index (χ0n) is 17.6. The summed E-state index contributed by atoms with van der Waals surface area (Å²) >= 11 is 0. The number of aryl methyl sites for hydroxylation is 1. The van der Waals surface area contributed by atoms with Crippen LogP contribution in [0.15, 0.2) is 66.7 Å². The van der Waals surface area contributed by atoms with Gasteiger partial charge in [0.2, 0.25) is 0 Å².